The van der Waals surface area contributed by atoms with Crippen molar-refractivity contribution < 1.29 is 14.1 Å². The summed E-state index contributed by atoms with van der Waals surface area (Å²) >= 11 is 5.95. The van der Waals surface area contributed by atoms with Gasteiger partial charge in [-0.15, -0.1) is 0 Å². The van der Waals surface area contributed by atoms with E-state index in [4.69, 9.17) is 16.1 Å². The highest BCUT2D eigenvalue weighted by Gasteiger charge is 2.28. The number of carbonyl (C=O) groups is 2. The smallest absolute Gasteiger partial charge is 0.273 e. The maximum atomic E-state index is 12.7. The molecular weight excluding hydrogens is 378 g/mol. The first-order valence-electron chi connectivity index (χ1n) is 9.34. The molecule has 2 aromatic rings. The summed E-state index contributed by atoms with van der Waals surface area (Å²) in [6, 6.07) is 8.85. The Hall–Kier alpha value is -2.34. The van der Waals surface area contributed by atoms with Crippen LogP contribution in [0.3, 0.4) is 0 Å². The summed E-state index contributed by atoms with van der Waals surface area (Å²) in [6.07, 6.45) is 0. The van der Waals surface area contributed by atoms with Crippen LogP contribution in [0.5, 0.6) is 0 Å². The summed E-state index contributed by atoms with van der Waals surface area (Å²) in [5.74, 6) is 0.484. The Morgan fingerprint density at radius 1 is 1.25 bits per heavy atom. The lowest BCUT2D eigenvalue weighted by Crippen LogP contribution is -2.40. The Labute approximate surface area is 171 Å². The molecule has 7 heteroatoms. The summed E-state index contributed by atoms with van der Waals surface area (Å²) < 4.78 is 5.31. The van der Waals surface area contributed by atoms with Crippen LogP contribution in [-0.2, 0) is 17.9 Å². The SMILES string of the molecule is CC(C)CN(Cc1cc(C(=O)NCc2cccc(Cl)c2)no1)C(=O)C(C)(C)C. The highest BCUT2D eigenvalue weighted by atomic mass is 35.5. The van der Waals surface area contributed by atoms with Gasteiger partial charge in [0.1, 0.15) is 0 Å². The third-order valence-corrected chi connectivity index (χ3v) is 4.23. The molecule has 2 rings (SSSR count). The van der Waals surface area contributed by atoms with Crippen molar-refractivity contribution in [3.63, 3.8) is 0 Å². The van der Waals surface area contributed by atoms with Gasteiger partial charge in [-0.2, -0.15) is 0 Å². The summed E-state index contributed by atoms with van der Waals surface area (Å²) in [7, 11) is 0. The maximum absolute atomic E-state index is 12.7. The fourth-order valence-electron chi connectivity index (χ4n) is 2.74. The molecule has 6 nitrogen and oxygen atoms in total. The van der Waals surface area contributed by atoms with Crippen molar-refractivity contribution in [3.8, 4) is 0 Å². The number of carbonyl (C=O) groups excluding carboxylic acids is 2. The monoisotopic (exact) mass is 405 g/mol. The molecule has 0 aliphatic rings. The molecule has 1 N–H and O–H groups in total. The van der Waals surface area contributed by atoms with Gasteiger partial charge in [-0.3, -0.25) is 9.59 Å². The van der Waals surface area contributed by atoms with Crippen LogP contribution in [-0.4, -0.2) is 28.4 Å². The van der Waals surface area contributed by atoms with E-state index >= 15 is 0 Å². The first-order valence-corrected chi connectivity index (χ1v) is 9.71. The number of nitrogens with one attached hydrogen (secondary N) is 1. The van der Waals surface area contributed by atoms with Crippen LogP contribution in [0.4, 0.5) is 0 Å². The maximum Gasteiger partial charge on any atom is 0.273 e. The van der Waals surface area contributed by atoms with Crippen LogP contribution in [0.25, 0.3) is 0 Å². The zero-order valence-electron chi connectivity index (χ0n) is 17.1. The van der Waals surface area contributed by atoms with Gasteiger partial charge in [-0.1, -0.05) is 63.5 Å². The number of rotatable bonds is 7. The molecule has 0 aliphatic carbocycles. The third kappa shape index (κ3) is 6.37. The average Bonchev–Trinajstić information content (AvgIpc) is 3.06. The Bertz CT molecular complexity index is 824. The highest BCUT2D eigenvalue weighted by Crippen LogP contribution is 2.21. The molecule has 0 unspecified atom stereocenters. The van der Waals surface area contributed by atoms with Crippen LogP contribution in [0.2, 0.25) is 5.02 Å². The first-order chi connectivity index (χ1) is 13.1. The van der Waals surface area contributed by atoms with Crippen molar-refractivity contribution in [1.82, 2.24) is 15.4 Å². The van der Waals surface area contributed by atoms with E-state index in [1.54, 1.807) is 23.1 Å². The molecule has 0 fully saturated rings. The Morgan fingerprint density at radius 3 is 2.57 bits per heavy atom. The van der Waals surface area contributed by atoms with Gasteiger partial charge in [-0.05, 0) is 23.6 Å². The van der Waals surface area contributed by atoms with Gasteiger partial charge >= 0.3 is 0 Å². The predicted molar refractivity (Wildman–Crippen MR) is 109 cm³/mol. The fraction of sp³-hybridized carbons (Fsp3) is 0.476. The molecule has 1 aromatic heterocycles. The third-order valence-electron chi connectivity index (χ3n) is 3.99. The lowest BCUT2D eigenvalue weighted by atomic mass is 9.94. The number of aromatic nitrogens is 1. The van der Waals surface area contributed by atoms with Crippen LogP contribution in [0, 0.1) is 11.3 Å². The Kier molecular flexibility index (Phi) is 7.24. The molecular formula is C21H28ClN3O3. The van der Waals surface area contributed by atoms with E-state index in [0.717, 1.165) is 5.56 Å². The normalized spacial score (nSPS) is 11.5. The van der Waals surface area contributed by atoms with Crippen molar-refractivity contribution in [3.05, 3.63) is 52.4 Å². The highest BCUT2D eigenvalue weighted by molar-refractivity contribution is 6.30. The van der Waals surface area contributed by atoms with E-state index in [1.807, 2.05) is 32.9 Å². The van der Waals surface area contributed by atoms with Crippen molar-refractivity contribution in [2.75, 3.05) is 6.54 Å². The molecule has 0 atom stereocenters. The van der Waals surface area contributed by atoms with Crippen LogP contribution in [0.1, 0.15) is 56.4 Å². The molecule has 152 valence electrons. The second-order valence-electron chi connectivity index (χ2n) is 8.32. The minimum atomic E-state index is -0.494. The summed E-state index contributed by atoms with van der Waals surface area (Å²) in [5.41, 5.74) is 0.583. The van der Waals surface area contributed by atoms with Crippen molar-refractivity contribution in [1.29, 1.82) is 0 Å². The number of nitrogens with zero attached hydrogens (tertiary/aromatic N) is 2. The van der Waals surface area contributed by atoms with E-state index in [2.05, 4.69) is 24.3 Å². The lowest BCUT2D eigenvalue weighted by molar-refractivity contribution is -0.141. The van der Waals surface area contributed by atoms with Crippen LogP contribution >= 0.6 is 11.6 Å². The zero-order chi connectivity index (χ0) is 20.9. The zero-order valence-corrected chi connectivity index (χ0v) is 17.8. The molecule has 0 saturated carbocycles. The quantitative estimate of drug-likeness (QED) is 0.745. The van der Waals surface area contributed by atoms with Gasteiger partial charge in [0.15, 0.2) is 11.5 Å². The van der Waals surface area contributed by atoms with Crippen LogP contribution < -0.4 is 5.32 Å². The van der Waals surface area contributed by atoms with Gasteiger partial charge in [0.25, 0.3) is 5.91 Å². The van der Waals surface area contributed by atoms with E-state index in [1.165, 1.54) is 0 Å². The fourth-order valence-corrected chi connectivity index (χ4v) is 2.95. The topological polar surface area (TPSA) is 75.4 Å². The first kappa shape index (κ1) is 22.0. The number of halogens is 1. The number of benzene rings is 1. The predicted octanol–water partition coefficient (Wildman–Crippen LogP) is 4.29. The molecule has 0 spiro atoms. The van der Waals surface area contributed by atoms with Gasteiger partial charge < -0.3 is 14.7 Å². The molecule has 0 aliphatic heterocycles. The van der Waals surface area contributed by atoms with Crippen molar-refractivity contribution in [2.24, 2.45) is 11.3 Å². The summed E-state index contributed by atoms with van der Waals surface area (Å²) in [5, 5.41) is 7.25. The summed E-state index contributed by atoms with van der Waals surface area (Å²) in [4.78, 5) is 26.8. The van der Waals surface area contributed by atoms with Crippen molar-refractivity contribution in [2.45, 2.75) is 47.7 Å². The molecule has 1 aromatic carbocycles. The van der Waals surface area contributed by atoms with Gasteiger partial charge in [0.05, 0.1) is 6.54 Å². The minimum absolute atomic E-state index is 0.0320. The molecule has 0 bridgehead atoms. The average molecular weight is 406 g/mol. The second kappa shape index (κ2) is 9.24. The number of hydrogen-bond donors (Lipinski definition) is 1. The van der Waals surface area contributed by atoms with Gasteiger partial charge in [0, 0.05) is 29.6 Å². The number of hydrogen-bond acceptors (Lipinski definition) is 4. The molecule has 0 saturated heterocycles. The summed E-state index contributed by atoms with van der Waals surface area (Å²) in [6.45, 7) is 11.0. The van der Waals surface area contributed by atoms with E-state index in [0.29, 0.717) is 29.8 Å². The second-order valence-corrected chi connectivity index (χ2v) is 8.76. The molecule has 28 heavy (non-hydrogen) atoms. The Morgan fingerprint density at radius 2 is 1.96 bits per heavy atom. The van der Waals surface area contributed by atoms with E-state index in [9.17, 15) is 9.59 Å². The Balaban J connectivity index is 2.02. The van der Waals surface area contributed by atoms with Crippen LogP contribution in [0.15, 0.2) is 34.9 Å². The lowest BCUT2D eigenvalue weighted by Gasteiger charge is -2.30. The van der Waals surface area contributed by atoms with Gasteiger partial charge in [0.2, 0.25) is 5.91 Å². The standard InChI is InChI=1S/C21H28ClN3O3/c1-14(2)12-25(20(27)21(3,4)5)13-17-10-18(24-28-17)19(26)23-11-15-7-6-8-16(22)9-15/h6-10,14H,11-13H2,1-5H3,(H,23,26). The molecule has 0 radical (unpaired) electrons. The largest absolute Gasteiger partial charge is 0.359 e. The van der Waals surface area contributed by atoms with Gasteiger partial charge in [-0.25, -0.2) is 0 Å². The number of amides is 2. The van der Waals surface area contributed by atoms with E-state index < -0.39 is 5.41 Å². The molecule has 2 amide bonds. The molecule has 1 heterocycles. The van der Waals surface area contributed by atoms with E-state index in [-0.39, 0.29) is 24.1 Å². The minimum Gasteiger partial charge on any atom is -0.359 e. The van der Waals surface area contributed by atoms with Crippen molar-refractivity contribution >= 4 is 23.4 Å².